The van der Waals surface area contributed by atoms with E-state index in [4.69, 9.17) is 0 Å². The van der Waals surface area contributed by atoms with Gasteiger partial charge in [0.2, 0.25) is 0 Å². The van der Waals surface area contributed by atoms with E-state index < -0.39 is 0 Å². The third-order valence-electron chi connectivity index (χ3n) is 6.88. The second-order valence-corrected chi connectivity index (χ2v) is 10.9. The molecule has 0 N–H and O–H groups in total. The number of fused-ring (bicyclic) bond motifs is 6. The zero-order chi connectivity index (χ0) is 26.3. The Hall–Kier alpha value is -3.84. The Balaban J connectivity index is 0.000000120. The molecule has 8 aromatic carbocycles. The first-order valence-electron chi connectivity index (χ1n) is 13.3. The van der Waals surface area contributed by atoms with Gasteiger partial charge < -0.3 is 0 Å². The SMILES string of the molecule is [Zr+2].c1ccc([Si]c2ccccc2)cc1.c1ccc2c(c1)[cH-]c1ccccc12.c1ccc2c(c1)[cH-]c1ccccc12. The van der Waals surface area contributed by atoms with E-state index in [1.807, 2.05) is 0 Å². The minimum absolute atomic E-state index is 0. The summed E-state index contributed by atoms with van der Waals surface area (Å²) in [5, 5.41) is 13.6. The van der Waals surface area contributed by atoms with Gasteiger partial charge in [-0.2, -0.15) is 0 Å². The number of hydrogen-bond donors (Lipinski definition) is 0. The van der Waals surface area contributed by atoms with Crippen molar-refractivity contribution in [1.82, 2.24) is 0 Å². The molecule has 2 radical (unpaired) electrons. The molecule has 8 aromatic rings. The van der Waals surface area contributed by atoms with Crippen molar-refractivity contribution in [2.24, 2.45) is 0 Å². The van der Waals surface area contributed by atoms with Gasteiger partial charge in [-0.25, -0.2) is 0 Å². The summed E-state index contributed by atoms with van der Waals surface area (Å²) in [5.41, 5.74) is 0. The van der Waals surface area contributed by atoms with Gasteiger partial charge in [-0.15, -0.1) is 79.5 Å². The maximum atomic E-state index is 2.24. The maximum Gasteiger partial charge on any atom is 2.00 e. The van der Waals surface area contributed by atoms with Crippen molar-refractivity contribution >= 4 is 63.0 Å². The third-order valence-corrected chi connectivity index (χ3v) is 8.13. The van der Waals surface area contributed by atoms with Crippen LogP contribution in [0.4, 0.5) is 0 Å². The Bertz CT molecular complexity index is 1690. The fourth-order valence-electron chi connectivity index (χ4n) is 5.02. The molecule has 0 amide bonds. The van der Waals surface area contributed by atoms with E-state index in [0.717, 1.165) is 9.52 Å². The molecular weight excluding hydrogens is 576 g/mol. The summed E-state index contributed by atoms with van der Waals surface area (Å²) in [6.45, 7) is 0. The molecule has 0 aliphatic heterocycles. The van der Waals surface area contributed by atoms with Crippen molar-refractivity contribution in [3.8, 4) is 0 Å². The van der Waals surface area contributed by atoms with E-state index in [2.05, 4.69) is 170 Å². The van der Waals surface area contributed by atoms with Crippen molar-refractivity contribution < 1.29 is 26.2 Å². The van der Waals surface area contributed by atoms with Gasteiger partial charge in [0, 0.05) is 0 Å². The van der Waals surface area contributed by atoms with E-state index in [9.17, 15) is 0 Å². The Kier molecular flexibility index (Phi) is 9.34. The summed E-state index contributed by atoms with van der Waals surface area (Å²) >= 11 is 0. The van der Waals surface area contributed by atoms with Crippen molar-refractivity contribution in [2.45, 2.75) is 0 Å². The van der Waals surface area contributed by atoms with Crippen LogP contribution in [-0.2, 0) is 26.2 Å². The Labute approximate surface area is 257 Å². The van der Waals surface area contributed by atoms with Crippen molar-refractivity contribution in [1.29, 1.82) is 0 Å². The zero-order valence-electron chi connectivity index (χ0n) is 22.2. The van der Waals surface area contributed by atoms with Gasteiger partial charge in [0.1, 0.15) is 9.52 Å². The quantitative estimate of drug-likeness (QED) is 0.137. The van der Waals surface area contributed by atoms with Gasteiger partial charge in [-0.3, -0.25) is 0 Å². The second kappa shape index (κ2) is 13.5. The van der Waals surface area contributed by atoms with Gasteiger partial charge >= 0.3 is 26.2 Å². The number of benzene rings is 6. The second-order valence-electron chi connectivity index (χ2n) is 9.49. The summed E-state index contributed by atoms with van der Waals surface area (Å²) in [5.74, 6) is 0. The minimum atomic E-state index is 0. The summed E-state index contributed by atoms with van der Waals surface area (Å²) in [7, 11) is 0.777. The monoisotopic (exact) mass is 602 g/mol. The molecule has 0 aliphatic carbocycles. The van der Waals surface area contributed by atoms with Crippen LogP contribution in [-0.4, -0.2) is 9.52 Å². The van der Waals surface area contributed by atoms with Crippen LogP contribution in [0.15, 0.2) is 170 Å². The summed E-state index contributed by atoms with van der Waals surface area (Å²) in [6.07, 6.45) is 0. The number of hydrogen-bond acceptors (Lipinski definition) is 0. The van der Waals surface area contributed by atoms with E-state index in [-0.39, 0.29) is 26.2 Å². The molecule has 0 unspecified atom stereocenters. The largest absolute Gasteiger partial charge is 2.00 e. The van der Waals surface area contributed by atoms with Crippen LogP contribution in [0.2, 0.25) is 0 Å². The molecule has 188 valence electrons. The Morgan fingerprint density at radius 3 is 0.850 bits per heavy atom. The molecule has 0 nitrogen and oxygen atoms in total. The van der Waals surface area contributed by atoms with Crippen molar-refractivity contribution in [2.75, 3.05) is 0 Å². The molecule has 0 bridgehead atoms. The molecular formula is C38H28SiZr. The van der Waals surface area contributed by atoms with Crippen LogP contribution in [0.1, 0.15) is 0 Å². The topological polar surface area (TPSA) is 0 Å². The molecule has 2 heteroatoms. The first-order chi connectivity index (χ1) is 19.3. The fraction of sp³-hybridized carbons (Fsp3) is 0. The molecule has 0 aliphatic rings. The van der Waals surface area contributed by atoms with Crippen LogP contribution in [0, 0.1) is 0 Å². The third kappa shape index (κ3) is 6.48. The molecule has 0 aromatic heterocycles. The Morgan fingerprint density at radius 1 is 0.300 bits per heavy atom. The van der Waals surface area contributed by atoms with Crippen LogP contribution in [0.25, 0.3) is 43.1 Å². The Morgan fingerprint density at radius 2 is 0.550 bits per heavy atom. The van der Waals surface area contributed by atoms with Crippen molar-refractivity contribution in [3.05, 3.63) is 170 Å². The van der Waals surface area contributed by atoms with E-state index in [1.165, 1.54) is 53.5 Å². The minimum Gasteiger partial charge on any atom is -0.126 e. The van der Waals surface area contributed by atoms with Gasteiger partial charge in [0.25, 0.3) is 0 Å². The van der Waals surface area contributed by atoms with Gasteiger partial charge in [0.05, 0.1) is 0 Å². The van der Waals surface area contributed by atoms with Crippen LogP contribution in [0.5, 0.6) is 0 Å². The average molecular weight is 604 g/mol. The smallest absolute Gasteiger partial charge is 0.126 e. The predicted molar refractivity (Wildman–Crippen MR) is 172 cm³/mol. The first-order valence-corrected chi connectivity index (χ1v) is 14.3. The number of rotatable bonds is 2. The summed E-state index contributed by atoms with van der Waals surface area (Å²) in [6, 6.07) is 59.7. The van der Waals surface area contributed by atoms with E-state index in [1.54, 1.807) is 0 Å². The predicted octanol–water partition coefficient (Wildman–Crippen LogP) is 8.76. The van der Waals surface area contributed by atoms with Crippen molar-refractivity contribution in [3.63, 3.8) is 0 Å². The van der Waals surface area contributed by atoms with Crippen LogP contribution >= 0.6 is 0 Å². The van der Waals surface area contributed by atoms with E-state index >= 15 is 0 Å². The molecule has 0 spiro atoms. The molecule has 8 rings (SSSR count). The first kappa shape index (κ1) is 27.7. The van der Waals surface area contributed by atoms with Gasteiger partial charge in [0.15, 0.2) is 0 Å². The van der Waals surface area contributed by atoms with Crippen LogP contribution < -0.4 is 10.4 Å². The summed E-state index contributed by atoms with van der Waals surface area (Å²) in [4.78, 5) is 0. The molecule has 0 atom stereocenters. The molecule has 0 fully saturated rings. The average Bonchev–Trinajstić information content (AvgIpc) is 3.58. The summed E-state index contributed by atoms with van der Waals surface area (Å²) < 4.78 is 0. The van der Waals surface area contributed by atoms with Gasteiger partial charge in [-0.05, 0) is 0 Å². The molecule has 0 heterocycles. The normalized spacial score (nSPS) is 10.4. The van der Waals surface area contributed by atoms with Gasteiger partial charge in [-0.1, -0.05) is 144 Å². The molecule has 0 saturated heterocycles. The maximum absolute atomic E-state index is 2.24. The zero-order valence-corrected chi connectivity index (χ0v) is 25.6. The van der Waals surface area contributed by atoms with E-state index in [0.29, 0.717) is 0 Å². The fourth-order valence-corrected chi connectivity index (χ4v) is 6.07. The van der Waals surface area contributed by atoms with Crippen LogP contribution in [0.3, 0.4) is 0 Å². The molecule has 0 saturated carbocycles. The standard InChI is InChI=1S/2C13H9.C12H10Si.Zr/c2*1-3-7-12-10(5-1)9-11-6-2-4-8-13(11)12;1-3-7-11(8-4-1)13-12-9-5-2-6-10-12;/h2*1-9H;1-10H;/q2*-1;;+2. The molecule has 40 heavy (non-hydrogen) atoms.